The van der Waals surface area contributed by atoms with Crippen molar-refractivity contribution in [3.8, 4) is 0 Å². The van der Waals surface area contributed by atoms with E-state index < -0.39 is 6.04 Å². The van der Waals surface area contributed by atoms with Gasteiger partial charge in [0.05, 0.1) is 13.2 Å². The van der Waals surface area contributed by atoms with E-state index >= 15 is 0 Å². The molecule has 0 aliphatic carbocycles. The van der Waals surface area contributed by atoms with Crippen LogP contribution in [0.3, 0.4) is 0 Å². The Morgan fingerprint density at radius 1 is 1.40 bits per heavy atom. The minimum Gasteiger partial charge on any atom is -0.461 e. The van der Waals surface area contributed by atoms with E-state index in [1.165, 1.54) is 0 Å². The Kier molecular flexibility index (Phi) is 4.11. The molecule has 4 heteroatoms. The third-order valence-electron chi connectivity index (χ3n) is 2.64. The molecule has 4 nitrogen and oxygen atoms in total. The summed E-state index contributed by atoms with van der Waals surface area (Å²) < 4.78 is 10.5. The lowest BCUT2D eigenvalue weighted by Gasteiger charge is -2.28. The lowest BCUT2D eigenvalue weighted by molar-refractivity contribution is -0.157. The van der Waals surface area contributed by atoms with Crippen LogP contribution in [0.4, 0.5) is 0 Å². The number of hydrogen-bond acceptors (Lipinski definition) is 4. The van der Waals surface area contributed by atoms with E-state index in [1.54, 1.807) is 0 Å². The van der Waals surface area contributed by atoms with Crippen LogP contribution in [0.15, 0.2) is 0 Å². The first-order valence-corrected chi connectivity index (χ1v) is 5.45. The van der Waals surface area contributed by atoms with Crippen molar-refractivity contribution in [3.05, 3.63) is 0 Å². The first kappa shape index (κ1) is 12.5. The second-order valence-corrected chi connectivity index (χ2v) is 5.09. The maximum Gasteiger partial charge on any atom is 0.323 e. The molecule has 1 heterocycles. The molecule has 1 aliphatic rings. The second kappa shape index (κ2) is 4.94. The highest BCUT2D eigenvalue weighted by atomic mass is 16.6. The molecule has 0 bridgehead atoms. The minimum atomic E-state index is -0.555. The van der Waals surface area contributed by atoms with Gasteiger partial charge in [0.15, 0.2) is 0 Å². The van der Waals surface area contributed by atoms with E-state index in [9.17, 15) is 4.79 Å². The Bertz CT molecular complexity index is 216. The highest BCUT2D eigenvalue weighted by molar-refractivity contribution is 5.76. The van der Waals surface area contributed by atoms with E-state index in [0.29, 0.717) is 13.2 Å². The molecule has 0 unspecified atom stereocenters. The monoisotopic (exact) mass is 215 g/mol. The van der Waals surface area contributed by atoms with Crippen molar-refractivity contribution < 1.29 is 14.3 Å². The van der Waals surface area contributed by atoms with Gasteiger partial charge in [-0.3, -0.25) is 4.79 Å². The summed E-state index contributed by atoms with van der Waals surface area (Å²) in [6.07, 6.45) is 1.55. The zero-order chi connectivity index (χ0) is 11.5. The van der Waals surface area contributed by atoms with Crippen molar-refractivity contribution in [2.24, 2.45) is 11.1 Å². The summed E-state index contributed by atoms with van der Waals surface area (Å²) in [5.74, 6) is -0.297. The summed E-state index contributed by atoms with van der Waals surface area (Å²) in [6.45, 7) is 7.14. The van der Waals surface area contributed by atoms with E-state index in [-0.39, 0.29) is 17.5 Å². The highest BCUT2D eigenvalue weighted by Crippen LogP contribution is 2.20. The van der Waals surface area contributed by atoms with Gasteiger partial charge in [0.25, 0.3) is 0 Å². The van der Waals surface area contributed by atoms with Crippen LogP contribution in [-0.2, 0) is 14.3 Å². The topological polar surface area (TPSA) is 61.6 Å². The Labute approximate surface area is 91.1 Å². The smallest absolute Gasteiger partial charge is 0.323 e. The van der Waals surface area contributed by atoms with Gasteiger partial charge in [-0.2, -0.15) is 0 Å². The molecule has 0 radical (unpaired) electrons. The fraction of sp³-hybridized carbons (Fsp3) is 0.909. The van der Waals surface area contributed by atoms with Crippen molar-refractivity contribution in [1.29, 1.82) is 0 Å². The third-order valence-corrected chi connectivity index (χ3v) is 2.64. The van der Waals surface area contributed by atoms with Crippen LogP contribution in [0.1, 0.15) is 33.6 Å². The summed E-state index contributed by atoms with van der Waals surface area (Å²) >= 11 is 0. The number of ether oxygens (including phenoxy) is 2. The van der Waals surface area contributed by atoms with Crippen LogP contribution in [0.5, 0.6) is 0 Å². The number of carbonyl (C=O) groups is 1. The Morgan fingerprint density at radius 3 is 2.40 bits per heavy atom. The lowest BCUT2D eigenvalue weighted by Crippen LogP contribution is -2.45. The number of carbonyl (C=O) groups excluding carboxylic acids is 1. The molecule has 0 aromatic carbocycles. The minimum absolute atomic E-state index is 0.0142. The number of hydrogen-bond donors (Lipinski definition) is 1. The molecule has 1 aliphatic heterocycles. The van der Waals surface area contributed by atoms with Crippen molar-refractivity contribution in [2.75, 3.05) is 13.2 Å². The molecule has 1 fully saturated rings. The Hall–Kier alpha value is -0.610. The van der Waals surface area contributed by atoms with Gasteiger partial charge in [0, 0.05) is 12.8 Å². The fourth-order valence-electron chi connectivity index (χ4n) is 1.38. The summed E-state index contributed by atoms with van der Waals surface area (Å²) in [7, 11) is 0. The molecule has 0 spiro atoms. The molecular weight excluding hydrogens is 194 g/mol. The van der Waals surface area contributed by atoms with Gasteiger partial charge in [-0.15, -0.1) is 0 Å². The van der Waals surface area contributed by atoms with Crippen molar-refractivity contribution >= 4 is 5.97 Å². The molecule has 0 saturated carbocycles. The molecule has 0 aromatic heterocycles. The zero-order valence-electron chi connectivity index (χ0n) is 9.79. The standard InChI is InChI=1S/C11H21NO3/c1-11(2,3)9(12)10(13)15-8-4-6-14-7-5-8/h8-9H,4-7,12H2,1-3H3/t9-/m1/s1. The van der Waals surface area contributed by atoms with Crippen molar-refractivity contribution in [2.45, 2.75) is 45.8 Å². The Morgan fingerprint density at radius 2 is 1.93 bits per heavy atom. The van der Waals surface area contributed by atoms with Crippen LogP contribution >= 0.6 is 0 Å². The van der Waals surface area contributed by atoms with Crippen molar-refractivity contribution in [3.63, 3.8) is 0 Å². The fourth-order valence-corrected chi connectivity index (χ4v) is 1.38. The van der Waals surface area contributed by atoms with Crippen LogP contribution in [0.25, 0.3) is 0 Å². The molecule has 1 rings (SSSR count). The maximum atomic E-state index is 11.7. The molecule has 1 saturated heterocycles. The molecule has 2 N–H and O–H groups in total. The van der Waals surface area contributed by atoms with Gasteiger partial charge in [-0.1, -0.05) is 20.8 Å². The van der Waals surface area contributed by atoms with Gasteiger partial charge in [0.2, 0.25) is 0 Å². The summed E-state index contributed by atoms with van der Waals surface area (Å²) in [5.41, 5.74) is 5.56. The second-order valence-electron chi connectivity index (χ2n) is 5.09. The number of esters is 1. The van der Waals surface area contributed by atoms with E-state index in [0.717, 1.165) is 12.8 Å². The van der Waals surface area contributed by atoms with Crippen LogP contribution in [0.2, 0.25) is 0 Å². The van der Waals surface area contributed by atoms with Gasteiger partial charge >= 0.3 is 5.97 Å². The average Bonchev–Trinajstić information content (AvgIpc) is 2.16. The number of rotatable bonds is 2. The summed E-state index contributed by atoms with van der Waals surface area (Å²) in [4.78, 5) is 11.7. The molecule has 15 heavy (non-hydrogen) atoms. The van der Waals surface area contributed by atoms with Gasteiger partial charge in [-0.05, 0) is 5.41 Å². The largest absolute Gasteiger partial charge is 0.461 e. The molecule has 1 atom stereocenters. The average molecular weight is 215 g/mol. The zero-order valence-corrected chi connectivity index (χ0v) is 9.79. The van der Waals surface area contributed by atoms with Gasteiger partial charge in [0.1, 0.15) is 12.1 Å². The Balaban J connectivity index is 2.40. The van der Waals surface area contributed by atoms with E-state index in [1.807, 2.05) is 20.8 Å². The van der Waals surface area contributed by atoms with Crippen LogP contribution in [-0.4, -0.2) is 31.3 Å². The first-order valence-electron chi connectivity index (χ1n) is 5.45. The van der Waals surface area contributed by atoms with Crippen LogP contribution < -0.4 is 5.73 Å². The normalized spacial score (nSPS) is 21.1. The summed E-state index contributed by atoms with van der Waals surface area (Å²) in [6, 6.07) is -0.555. The lowest BCUT2D eigenvalue weighted by atomic mass is 9.87. The molecule has 0 aromatic rings. The molecule has 0 amide bonds. The van der Waals surface area contributed by atoms with Crippen molar-refractivity contribution in [1.82, 2.24) is 0 Å². The quantitative estimate of drug-likeness (QED) is 0.700. The number of nitrogens with two attached hydrogens (primary N) is 1. The predicted octanol–water partition coefficient (Wildman–Crippen LogP) is 1.08. The highest BCUT2D eigenvalue weighted by Gasteiger charge is 2.30. The predicted molar refractivity (Wildman–Crippen MR) is 57.4 cm³/mol. The van der Waals surface area contributed by atoms with Gasteiger partial charge < -0.3 is 15.2 Å². The third kappa shape index (κ3) is 3.80. The molecular formula is C11H21NO3. The molecule has 88 valence electrons. The first-order chi connectivity index (χ1) is 6.91. The van der Waals surface area contributed by atoms with Gasteiger partial charge in [-0.25, -0.2) is 0 Å². The van der Waals surface area contributed by atoms with E-state index in [4.69, 9.17) is 15.2 Å². The SMILES string of the molecule is CC(C)(C)[C@H](N)C(=O)OC1CCOCC1. The van der Waals surface area contributed by atoms with Crippen LogP contribution in [0, 0.1) is 5.41 Å². The summed E-state index contributed by atoms with van der Waals surface area (Å²) in [5, 5.41) is 0. The maximum absolute atomic E-state index is 11.7. The van der Waals surface area contributed by atoms with E-state index in [2.05, 4.69) is 0 Å².